The van der Waals surface area contributed by atoms with E-state index in [4.69, 9.17) is 16.7 Å². The Kier molecular flexibility index (Phi) is 23.7. The molecule has 3 N–H and O–H groups in total. The van der Waals surface area contributed by atoms with Gasteiger partial charge in [0.1, 0.15) is 0 Å². The average molecular weight is 638 g/mol. The molecule has 16 heteroatoms. The van der Waals surface area contributed by atoms with Crippen molar-refractivity contribution in [2.75, 3.05) is 99.2 Å². The minimum absolute atomic E-state index is 0.0842. The number of rotatable bonds is 26. The van der Waals surface area contributed by atoms with Gasteiger partial charge in [0.05, 0.1) is 47.0 Å². The predicted octanol–water partition coefficient (Wildman–Crippen LogP) is -0.692. The molecule has 0 fully saturated rings. The van der Waals surface area contributed by atoms with Crippen molar-refractivity contribution < 1.29 is 48.1 Å². The molecule has 0 aliphatic carbocycles. The number of nitrogens with zero attached hydrogens (tertiary/aromatic N) is 3. The van der Waals surface area contributed by atoms with Crippen LogP contribution >= 0.6 is 11.6 Å². The maximum Gasteiger partial charge on any atom is 0.306 e. The number of halogens is 1. The number of carbonyl (C=O) groups is 6. The highest BCUT2D eigenvalue weighted by molar-refractivity contribution is 6.18. The molecule has 0 aromatic carbocycles. The molecule has 15 nitrogen and oxygen atoms in total. The van der Waals surface area contributed by atoms with Gasteiger partial charge in [0.2, 0.25) is 11.8 Å². The molecule has 0 aliphatic heterocycles. The first-order chi connectivity index (χ1) is 20.5. The van der Waals surface area contributed by atoms with Crippen molar-refractivity contribution in [3.63, 3.8) is 0 Å². The molecule has 0 radical (unpaired) electrons. The molecule has 0 atom stereocenters. The van der Waals surface area contributed by atoms with Crippen LogP contribution in [-0.2, 0) is 43.0 Å². The smallest absolute Gasteiger partial charge is 0.306 e. The number of aliphatic carboxylic acids is 1. The maximum absolute atomic E-state index is 12.4. The number of methoxy groups -OCH3 is 3. The Morgan fingerprint density at radius 3 is 1.19 bits per heavy atom. The molecule has 0 bridgehead atoms. The van der Waals surface area contributed by atoms with E-state index in [1.54, 1.807) is 4.90 Å². The second-order valence-electron chi connectivity index (χ2n) is 9.54. The quantitative estimate of drug-likeness (QED) is 0.0616. The van der Waals surface area contributed by atoms with Gasteiger partial charge in [0.15, 0.2) is 0 Å². The Morgan fingerprint density at radius 2 is 0.860 bits per heavy atom. The van der Waals surface area contributed by atoms with E-state index in [1.165, 1.54) is 21.3 Å². The Bertz CT molecular complexity index is 844. The highest BCUT2D eigenvalue weighted by Crippen LogP contribution is 2.00. The number of amides is 2. The number of carbonyl (C=O) groups excluding carboxylic acids is 5. The van der Waals surface area contributed by atoms with E-state index >= 15 is 0 Å². The number of alkyl halides is 1. The molecular formula is C27H48ClN5O10. The monoisotopic (exact) mass is 637 g/mol. The van der Waals surface area contributed by atoms with E-state index in [0.29, 0.717) is 64.8 Å². The maximum atomic E-state index is 12.4. The molecule has 0 heterocycles. The van der Waals surface area contributed by atoms with E-state index in [-0.39, 0.29) is 75.4 Å². The molecule has 0 saturated carbocycles. The molecule has 0 unspecified atom stereocenters. The topological polar surface area (TPSA) is 184 Å². The number of hydrogen-bond donors (Lipinski definition) is 3. The van der Waals surface area contributed by atoms with Crippen molar-refractivity contribution >= 4 is 47.3 Å². The van der Waals surface area contributed by atoms with Crippen molar-refractivity contribution in [2.45, 2.75) is 38.5 Å². The van der Waals surface area contributed by atoms with Crippen molar-refractivity contribution in [2.24, 2.45) is 0 Å². The highest BCUT2D eigenvalue weighted by Gasteiger charge is 2.14. The lowest BCUT2D eigenvalue weighted by atomic mass is 10.3. The zero-order valence-corrected chi connectivity index (χ0v) is 26.3. The summed E-state index contributed by atoms with van der Waals surface area (Å²) in [5.41, 5.74) is 0. The van der Waals surface area contributed by atoms with E-state index in [0.717, 1.165) is 0 Å². The number of carboxylic acid groups (broad SMARTS) is 1. The summed E-state index contributed by atoms with van der Waals surface area (Å²) in [7, 11) is 3.89. The molecule has 2 amide bonds. The summed E-state index contributed by atoms with van der Waals surface area (Å²) in [6, 6.07) is 0. The van der Waals surface area contributed by atoms with E-state index in [9.17, 15) is 28.8 Å². The van der Waals surface area contributed by atoms with Crippen molar-refractivity contribution in [3.05, 3.63) is 0 Å². The van der Waals surface area contributed by atoms with Crippen LogP contribution in [0, 0.1) is 0 Å². The van der Waals surface area contributed by atoms with Crippen LogP contribution in [0.3, 0.4) is 0 Å². The third-order valence-electron chi connectivity index (χ3n) is 6.43. The third-order valence-corrected chi connectivity index (χ3v) is 6.60. The third kappa shape index (κ3) is 23.2. The van der Waals surface area contributed by atoms with Crippen molar-refractivity contribution in [1.82, 2.24) is 25.3 Å². The second kappa shape index (κ2) is 25.5. The van der Waals surface area contributed by atoms with Gasteiger partial charge in [0, 0.05) is 90.7 Å². The van der Waals surface area contributed by atoms with Crippen LogP contribution in [0.5, 0.6) is 0 Å². The Balaban J connectivity index is 4.52. The lowest BCUT2D eigenvalue weighted by Gasteiger charge is -2.23. The van der Waals surface area contributed by atoms with Crippen LogP contribution in [0.25, 0.3) is 0 Å². The van der Waals surface area contributed by atoms with Crippen molar-refractivity contribution in [3.8, 4) is 0 Å². The van der Waals surface area contributed by atoms with Gasteiger partial charge in [-0.05, 0) is 0 Å². The summed E-state index contributed by atoms with van der Waals surface area (Å²) in [4.78, 5) is 75.7. The summed E-state index contributed by atoms with van der Waals surface area (Å²) in [5.74, 6) is -2.13. The summed E-state index contributed by atoms with van der Waals surface area (Å²) >= 11 is 5.91. The van der Waals surface area contributed by atoms with Gasteiger partial charge in [-0.2, -0.15) is 0 Å². The minimum Gasteiger partial charge on any atom is -0.481 e. The van der Waals surface area contributed by atoms with Crippen LogP contribution in [0.15, 0.2) is 0 Å². The molecule has 0 aromatic heterocycles. The zero-order valence-electron chi connectivity index (χ0n) is 25.6. The molecule has 248 valence electrons. The Labute approximate surface area is 258 Å². The molecule has 0 aliphatic rings. The predicted molar refractivity (Wildman–Crippen MR) is 157 cm³/mol. The van der Waals surface area contributed by atoms with Crippen LogP contribution in [0.1, 0.15) is 38.5 Å². The summed E-state index contributed by atoms with van der Waals surface area (Å²) in [6.45, 7) is 4.02. The van der Waals surface area contributed by atoms with Crippen LogP contribution in [-0.4, -0.2) is 155 Å². The van der Waals surface area contributed by atoms with Crippen LogP contribution in [0.2, 0.25) is 0 Å². The number of esters is 3. The summed E-state index contributed by atoms with van der Waals surface area (Å²) < 4.78 is 14.0. The number of nitrogens with one attached hydrogen (secondary N) is 2. The summed E-state index contributed by atoms with van der Waals surface area (Å²) in [6.07, 6.45) is 0.732. The molecule has 0 aromatic rings. The highest BCUT2D eigenvalue weighted by atomic mass is 35.5. The van der Waals surface area contributed by atoms with E-state index < -0.39 is 11.9 Å². The van der Waals surface area contributed by atoms with Gasteiger partial charge < -0.3 is 44.7 Å². The first-order valence-corrected chi connectivity index (χ1v) is 14.8. The van der Waals surface area contributed by atoms with Crippen molar-refractivity contribution in [1.29, 1.82) is 0 Å². The lowest BCUT2D eigenvalue weighted by Crippen LogP contribution is -2.40. The SMILES string of the molecule is COC(=O)CCN(CCNC(=O)CCN(CCCl)CCC(=O)NCCN(CCC(=O)OC)CCC(=O)OC)CCC(=O)O. The van der Waals surface area contributed by atoms with Gasteiger partial charge in [-0.25, -0.2) is 0 Å². The molecule has 43 heavy (non-hydrogen) atoms. The molecular weight excluding hydrogens is 590 g/mol. The Hall–Kier alpha value is -3.01. The number of ether oxygens (including phenoxy) is 3. The fourth-order valence-electron chi connectivity index (χ4n) is 3.84. The normalized spacial score (nSPS) is 11.0. The van der Waals surface area contributed by atoms with E-state index in [1.807, 2.05) is 9.80 Å². The van der Waals surface area contributed by atoms with Crippen LogP contribution in [0.4, 0.5) is 0 Å². The number of carboxylic acids is 1. The molecule has 0 spiro atoms. The number of hydrogen-bond acceptors (Lipinski definition) is 12. The Morgan fingerprint density at radius 1 is 0.535 bits per heavy atom. The standard InChI is InChI=1S/C27H48ClN5O10/c1-41-25(38)7-16-32(15-6-24(36)37)20-11-29-22(34)4-13-31(19-10-28)14-5-23(35)30-12-21-33(17-8-26(39)42-2)18-9-27(40)43-3/h4-21H2,1-3H3,(H,29,34)(H,30,35)(H,36,37). The van der Waals surface area contributed by atoms with Crippen LogP contribution < -0.4 is 10.6 Å². The molecule has 0 saturated heterocycles. The minimum atomic E-state index is -0.951. The zero-order chi connectivity index (χ0) is 32.5. The van der Waals surface area contributed by atoms with E-state index in [2.05, 4.69) is 24.8 Å². The summed E-state index contributed by atoms with van der Waals surface area (Å²) in [5, 5.41) is 14.6. The van der Waals surface area contributed by atoms with Gasteiger partial charge in [0.25, 0.3) is 0 Å². The second-order valence-corrected chi connectivity index (χ2v) is 9.91. The first kappa shape index (κ1) is 40.0. The fraction of sp³-hybridized carbons (Fsp3) is 0.778. The van der Waals surface area contributed by atoms with Gasteiger partial charge >= 0.3 is 23.9 Å². The fourth-order valence-corrected chi connectivity index (χ4v) is 4.08. The molecule has 0 rings (SSSR count). The first-order valence-electron chi connectivity index (χ1n) is 14.2. The average Bonchev–Trinajstić information content (AvgIpc) is 2.99. The van der Waals surface area contributed by atoms with Gasteiger partial charge in [-0.15, -0.1) is 11.6 Å². The van der Waals surface area contributed by atoms with Gasteiger partial charge in [-0.1, -0.05) is 0 Å². The lowest BCUT2D eigenvalue weighted by molar-refractivity contribution is -0.142. The van der Waals surface area contributed by atoms with Gasteiger partial charge in [-0.3, -0.25) is 28.8 Å². The largest absolute Gasteiger partial charge is 0.481 e.